The van der Waals surface area contributed by atoms with Gasteiger partial charge < -0.3 is 14.4 Å². The summed E-state index contributed by atoms with van der Waals surface area (Å²) in [6.07, 6.45) is 0. The second-order valence-corrected chi connectivity index (χ2v) is 18.7. The van der Waals surface area contributed by atoms with Crippen LogP contribution in [0.1, 0.15) is 44.5 Å². The second-order valence-electron chi connectivity index (χ2n) is 18.7. The molecule has 1 atom stereocenters. The number of anilines is 3. The average molecular weight is 880 g/mol. The third-order valence-corrected chi connectivity index (χ3v) is 15.4. The molecular formula is C66H41NO2. The second kappa shape index (κ2) is 14.3. The monoisotopic (exact) mass is 879 g/mol. The lowest BCUT2D eigenvalue weighted by atomic mass is 9.66. The fourth-order valence-corrected chi connectivity index (χ4v) is 12.7. The van der Waals surface area contributed by atoms with Crippen molar-refractivity contribution in [3.05, 3.63) is 293 Å². The van der Waals surface area contributed by atoms with Crippen LogP contribution in [0.15, 0.2) is 249 Å². The molecule has 0 bridgehead atoms. The number of rotatable bonds is 4. The Morgan fingerprint density at radius 2 is 0.710 bits per heavy atom. The Kier molecular flexibility index (Phi) is 7.92. The van der Waals surface area contributed by atoms with E-state index >= 15 is 0 Å². The zero-order valence-electron chi connectivity index (χ0n) is 37.4. The molecule has 11 aromatic carbocycles. The van der Waals surface area contributed by atoms with Crippen molar-refractivity contribution in [2.24, 2.45) is 0 Å². The van der Waals surface area contributed by atoms with Gasteiger partial charge in [-0.1, -0.05) is 188 Å². The smallest absolute Gasteiger partial charge is 0.132 e. The standard InChI is InChI=1S/C66H41NO2/c1-2-18-42(19-3-1)47-22-8-14-30-60(47)67(46-34-36-50-48-23-6-9-25-52(48)66(58(50)41-46)56-28-12-15-31-61(56)68-62-32-16-13-29-57(62)66)45-35-37-54-51(40-45)49-24-7-10-26-53(49)65(54)55-27-11-17-33-63(55)69-64-39-44-21-5-4-20-43(44)38-59(64)65/h1-41H. The molecule has 3 heteroatoms. The van der Waals surface area contributed by atoms with Crippen LogP contribution >= 0.6 is 0 Å². The van der Waals surface area contributed by atoms with Crippen molar-refractivity contribution in [2.75, 3.05) is 4.90 Å². The maximum Gasteiger partial charge on any atom is 0.132 e. The van der Waals surface area contributed by atoms with Crippen molar-refractivity contribution < 1.29 is 9.47 Å². The van der Waals surface area contributed by atoms with E-state index in [2.05, 4.69) is 254 Å². The van der Waals surface area contributed by atoms with Crippen LogP contribution in [0, 0.1) is 0 Å². The Balaban J connectivity index is 1.01. The largest absolute Gasteiger partial charge is 0.457 e. The Bertz CT molecular complexity index is 3900. The molecule has 4 aliphatic rings. The topological polar surface area (TPSA) is 21.7 Å². The molecule has 2 aliphatic carbocycles. The zero-order valence-corrected chi connectivity index (χ0v) is 37.4. The van der Waals surface area contributed by atoms with Crippen LogP contribution in [-0.4, -0.2) is 0 Å². The first kappa shape index (κ1) is 38.2. The molecule has 2 heterocycles. The highest BCUT2D eigenvalue weighted by molar-refractivity contribution is 5.97. The minimum Gasteiger partial charge on any atom is -0.457 e. The molecule has 0 saturated heterocycles. The summed E-state index contributed by atoms with van der Waals surface area (Å²) in [5.74, 6) is 3.54. The summed E-state index contributed by atoms with van der Waals surface area (Å²) >= 11 is 0. The molecule has 0 radical (unpaired) electrons. The first-order valence-corrected chi connectivity index (χ1v) is 23.8. The van der Waals surface area contributed by atoms with Crippen LogP contribution in [0.5, 0.6) is 23.0 Å². The molecule has 0 aromatic heterocycles. The van der Waals surface area contributed by atoms with Gasteiger partial charge in [0.1, 0.15) is 23.0 Å². The normalized spacial score (nSPS) is 15.7. The number of nitrogens with zero attached hydrogens (tertiary/aromatic N) is 1. The molecule has 2 spiro atoms. The molecule has 0 amide bonds. The predicted molar refractivity (Wildman–Crippen MR) is 279 cm³/mol. The lowest BCUT2D eigenvalue weighted by Crippen LogP contribution is -2.32. The number of para-hydroxylation sites is 4. The van der Waals surface area contributed by atoms with Gasteiger partial charge in [-0.3, -0.25) is 0 Å². The Hall–Kier alpha value is -8.92. The van der Waals surface area contributed by atoms with Crippen LogP contribution in [0.2, 0.25) is 0 Å². The van der Waals surface area contributed by atoms with Crippen molar-refractivity contribution in [1.82, 2.24) is 0 Å². The van der Waals surface area contributed by atoms with Crippen LogP contribution in [0.25, 0.3) is 44.2 Å². The van der Waals surface area contributed by atoms with Gasteiger partial charge in [0.15, 0.2) is 0 Å². The quantitative estimate of drug-likeness (QED) is 0.176. The van der Waals surface area contributed by atoms with E-state index in [0.29, 0.717) is 0 Å². The molecule has 11 aromatic rings. The molecule has 1 unspecified atom stereocenters. The number of hydrogen-bond acceptors (Lipinski definition) is 3. The molecule has 2 aliphatic heterocycles. The minimum atomic E-state index is -0.616. The van der Waals surface area contributed by atoms with Crippen molar-refractivity contribution in [2.45, 2.75) is 10.8 Å². The molecule has 3 nitrogen and oxygen atoms in total. The van der Waals surface area contributed by atoms with Gasteiger partial charge >= 0.3 is 0 Å². The fourth-order valence-electron chi connectivity index (χ4n) is 12.7. The summed E-state index contributed by atoms with van der Waals surface area (Å²) in [6, 6.07) is 91.0. The van der Waals surface area contributed by atoms with Crippen LogP contribution in [0.4, 0.5) is 17.1 Å². The summed E-state index contributed by atoms with van der Waals surface area (Å²) in [7, 11) is 0. The number of benzene rings is 11. The van der Waals surface area contributed by atoms with Gasteiger partial charge in [0.2, 0.25) is 0 Å². The van der Waals surface area contributed by atoms with Crippen LogP contribution < -0.4 is 14.4 Å². The first-order chi connectivity index (χ1) is 34.2. The summed E-state index contributed by atoms with van der Waals surface area (Å²) in [6.45, 7) is 0. The zero-order chi connectivity index (χ0) is 45.3. The number of ether oxygens (including phenoxy) is 2. The molecule has 0 saturated carbocycles. The van der Waals surface area contributed by atoms with Crippen molar-refractivity contribution in [1.29, 1.82) is 0 Å². The molecule has 69 heavy (non-hydrogen) atoms. The average Bonchev–Trinajstić information content (AvgIpc) is 3.86. The van der Waals surface area contributed by atoms with Gasteiger partial charge in [-0.25, -0.2) is 0 Å². The van der Waals surface area contributed by atoms with E-state index in [1.165, 1.54) is 49.9 Å². The highest BCUT2D eigenvalue weighted by Crippen LogP contribution is 2.65. The SMILES string of the molecule is c1ccc(-c2ccccc2N(c2ccc3c(c2)-c2ccccc2C32c3ccccc3Oc3cc4ccccc4cc32)c2ccc3c(c2)C2(c4ccccc4Oc4ccccc42)c2ccccc2-3)cc1. The highest BCUT2D eigenvalue weighted by atomic mass is 16.5. The van der Waals surface area contributed by atoms with Gasteiger partial charge in [-0.2, -0.15) is 0 Å². The molecule has 0 fully saturated rings. The van der Waals surface area contributed by atoms with Gasteiger partial charge in [0.05, 0.1) is 16.5 Å². The number of fused-ring (bicyclic) bond motifs is 19. The lowest BCUT2D eigenvalue weighted by Gasteiger charge is -2.40. The summed E-state index contributed by atoms with van der Waals surface area (Å²) < 4.78 is 13.6. The summed E-state index contributed by atoms with van der Waals surface area (Å²) in [5, 5.41) is 2.35. The Labute approximate surface area is 400 Å². The van der Waals surface area contributed by atoms with Crippen LogP contribution in [0.3, 0.4) is 0 Å². The predicted octanol–water partition coefficient (Wildman–Crippen LogP) is 16.9. The summed E-state index contributed by atoms with van der Waals surface area (Å²) in [5.41, 5.74) is 18.8. The Morgan fingerprint density at radius 3 is 1.38 bits per heavy atom. The maximum absolute atomic E-state index is 6.87. The van der Waals surface area contributed by atoms with Gasteiger partial charge in [-0.15, -0.1) is 0 Å². The first-order valence-electron chi connectivity index (χ1n) is 23.8. The molecule has 322 valence electrons. The third-order valence-electron chi connectivity index (χ3n) is 15.4. The minimum absolute atomic E-state index is 0.610. The Morgan fingerprint density at radius 1 is 0.261 bits per heavy atom. The molecule has 15 rings (SSSR count). The number of hydrogen-bond donors (Lipinski definition) is 0. The maximum atomic E-state index is 6.87. The fraction of sp³-hybridized carbons (Fsp3) is 0.0303. The van der Waals surface area contributed by atoms with Gasteiger partial charge in [0.25, 0.3) is 0 Å². The van der Waals surface area contributed by atoms with Gasteiger partial charge in [0, 0.05) is 39.2 Å². The molecule has 0 N–H and O–H groups in total. The van der Waals surface area contributed by atoms with E-state index in [4.69, 9.17) is 9.47 Å². The molecular weight excluding hydrogens is 839 g/mol. The van der Waals surface area contributed by atoms with E-state index in [9.17, 15) is 0 Å². The van der Waals surface area contributed by atoms with Crippen molar-refractivity contribution in [3.63, 3.8) is 0 Å². The highest BCUT2D eigenvalue weighted by Gasteiger charge is 2.53. The summed E-state index contributed by atoms with van der Waals surface area (Å²) in [4.78, 5) is 2.49. The third kappa shape index (κ3) is 5.11. The van der Waals surface area contributed by atoms with Crippen LogP contribution in [-0.2, 0) is 10.8 Å². The van der Waals surface area contributed by atoms with Crippen molar-refractivity contribution >= 4 is 27.8 Å². The van der Waals surface area contributed by atoms with E-state index in [1.54, 1.807) is 0 Å². The van der Waals surface area contributed by atoms with E-state index in [0.717, 1.165) is 78.8 Å². The van der Waals surface area contributed by atoms with E-state index in [1.807, 2.05) is 0 Å². The van der Waals surface area contributed by atoms with Crippen molar-refractivity contribution in [3.8, 4) is 56.4 Å². The lowest BCUT2D eigenvalue weighted by molar-refractivity contribution is 0.436. The van der Waals surface area contributed by atoms with Gasteiger partial charge in [-0.05, 0) is 122 Å². The van der Waals surface area contributed by atoms with E-state index in [-0.39, 0.29) is 0 Å². The van der Waals surface area contributed by atoms with E-state index < -0.39 is 10.8 Å².